The number of hydrogen-bond donors (Lipinski definition) is 0. The molecule has 10 aromatic carbocycles. The van der Waals surface area contributed by atoms with Crippen LogP contribution in [0.25, 0.3) is 65.7 Å². The van der Waals surface area contributed by atoms with Crippen molar-refractivity contribution >= 4 is 49.4 Å². The summed E-state index contributed by atoms with van der Waals surface area (Å²) in [5.41, 5.74) is 15.9. The number of hydrogen-bond acceptors (Lipinski definition) is 1. The lowest BCUT2D eigenvalue weighted by Gasteiger charge is -2.40. The third kappa shape index (κ3) is 4.20. The van der Waals surface area contributed by atoms with Crippen LogP contribution >= 0.6 is 0 Å². The largest absolute Gasteiger partial charge is 0.309 e. The summed E-state index contributed by atoms with van der Waals surface area (Å²) in [6.45, 7) is 0. The minimum Gasteiger partial charge on any atom is -0.309 e. The van der Waals surface area contributed by atoms with Crippen molar-refractivity contribution in [2.45, 2.75) is 5.41 Å². The van der Waals surface area contributed by atoms with Gasteiger partial charge in [-0.05, 0) is 101 Å². The molecular weight excluding hydrogens is 675 g/mol. The molecule has 0 amide bonds. The van der Waals surface area contributed by atoms with Crippen LogP contribution in [0.15, 0.2) is 212 Å². The minimum absolute atomic E-state index is 0.511. The highest BCUT2D eigenvalue weighted by molar-refractivity contribution is 6.16. The Balaban J connectivity index is 1.22. The molecule has 0 N–H and O–H groups in total. The van der Waals surface area contributed by atoms with E-state index in [1.807, 2.05) is 0 Å². The van der Waals surface area contributed by atoms with E-state index in [1.165, 1.54) is 88.0 Å². The van der Waals surface area contributed by atoms with E-state index in [2.05, 4.69) is 217 Å². The van der Waals surface area contributed by atoms with Crippen molar-refractivity contribution < 1.29 is 0 Å². The molecule has 1 atom stereocenters. The molecule has 1 nitrogen and oxygen atoms in total. The van der Waals surface area contributed by atoms with E-state index in [1.54, 1.807) is 0 Å². The fourth-order valence-corrected chi connectivity index (χ4v) is 10.2. The van der Waals surface area contributed by atoms with Gasteiger partial charge in [-0.3, -0.25) is 0 Å². The first-order valence-corrected chi connectivity index (χ1v) is 19.5. The summed E-state index contributed by atoms with van der Waals surface area (Å²) >= 11 is 0. The van der Waals surface area contributed by atoms with Crippen molar-refractivity contribution in [1.29, 1.82) is 0 Å². The topological polar surface area (TPSA) is 3.24 Å². The van der Waals surface area contributed by atoms with Crippen molar-refractivity contribution in [2.75, 3.05) is 4.90 Å². The van der Waals surface area contributed by atoms with Crippen molar-refractivity contribution in [3.8, 4) is 33.4 Å². The Morgan fingerprint density at radius 3 is 1.82 bits per heavy atom. The Bertz CT molecular complexity index is 3200. The molecule has 0 saturated carbocycles. The van der Waals surface area contributed by atoms with Crippen molar-refractivity contribution in [1.82, 2.24) is 0 Å². The lowest BCUT2D eigenvalue weighted by molar-refractivity contribution is 0.773. The van der Waals surface area contributed by atoms with Gasteiger partial charge in [0, 0.05) is 16.6 Å². The summed E-state index contributed by atoms with van der Waals surface area (Å²) in [7, 11) is 0. The van der Waals surface area contributed by atoms with Crippen LogP contribution in [0.4, 0.5) is 17.1 Å². The first-order valence-electron chi connectivity index (χ1n) is 19.5. The molecule has 1 heteroatoms. The highest BCUT2D eigenvalue weighted by atomic mass is 15.1. The van der Waals surface area contributed by atoms with E-state index in [9.17, 15) is 0 Å². The van der Waals surface area contributed by atoms with E-state index >= 15 is 0 Å². The molecular formula is C55H35N. The molecule has 0 spiro atoms. The highest BCUT2D eigenvalue weighted by Crippen LogP contribution is 2.63. The van der Waals surface area contributed by atoms with E-state index in [0.717, 1.165) is 17.1 Å². The normalized spacial score (nSPS) is 14.9. The summed E-state index contributed by atoms with van der Waals surface area (Å²) in [6.07, 6.45) is 0. The van der Waals surface area contributed by atoms with Crippen LogP contribution in [0.2, 0.25) is 0 Å². The van der Waals surface area contributed by atoms with Crippen LogP contribution in [0.3, 0.4) is 0 Å². The first-order chi connectivity index (χ1) is 27.8. The van der Waals surface area contributed by atoms with Gasteiger partial charge in [0.2, 0.25) is 0 Å². The van der Waals surface area contributed by atoms with E-state index in [-0.39, 0.29) is 0 Å². The van der Waals surface area contributed by atoms with Gasteiger partial charge in [0.15, 0.2) is 0 Å². The van der Waals surface area contributed by atoms with Crippen LogP contribution in [0, 0.1) is 0 Å². The molecule has 0 aliphatic heterocycles. The molecule has 260 valence electrons. The smallest absolute Gasteiger partial charge is 0.0726 e. The predicted molar refractivity (Wildman–Crippen MR) is 235 cm³/mol. The van der Waals surface area contributed by atoms with Gasteiger partial charge in [-0.15, -0.1) is 0 Å². The third-order valence-electron chi connectivity index (χ3n) is 12.4. The highest BCUT2D eigenvalue weighted by Gasteiger charge is 2.50. The fraction of sp³-hybridized carbons (Fsp3) is 0.0182. The van der Waals surface area contributed by atoms with Crippen LogP contribution < -0.4 is 4.90 Å². The van der Waals surface area contributed by atoms with Gasteiger partial charge in [0.05, 0.1) is 16.8 Å². The third-order valence-corrected chi connectivity index (χ3v) is 12.4. The summed E-state index contributed by atoms with van der Waals surface area (Å²) in [5, 5.41) is 7.59. The second kappa shape index (κ2) is 11.9. The summed E-state index contributed by atoms with van der Waals surface area (Å²) in [4.78, 5) is 2.53. The molecule has 56 heavy (non-hydrogen) atoms. The zero-order valence-electron chi connectivity index (χ0n) is 30.7. The quantitative estimate of drug-likeness (QED) is 0.161. The lowest BCUT2D eigenvalue weighted by Crippen LogP contribution is -2.31. The standard InChI is InChI=1S/C55H35N/c1-3-16-36(17-4-1)42-23-12-14-29-51(42)56(52-34-38-18-7-8-22-41(38)43-24-9-10-26-46(43)52)40-31-33-45-48-32-30-37-19-15-27-47-44-25-11-13-28-49(44)55(50(45)35-40,54(48)53(37)47)39-20-5-2-6-21-39/h1-35H. The predicted octanol–water partition coefficient (Wildman–Crippen LogP) is 14.6. The Labute approximate surface area is 326 Å². The number of rotatable bonds is 5. The Morgan fingerprint density at radius 1 is 0.339 bits per heavy atom. The maximum atomic E-state index is 2.53. The molecule has 10 aromatic rings. The molecule has 0 radical (unpaired) electrons. The molecule has 0 fully saturated rings. The van der Waals surface area contributed by atoms with Gasteiger partial charge < -0.3 is 4.90 Å². The summed E-state index contributed by atoms with van der Waals surface area (Å²) in [6, 6.07) is 79.0. The van der Waals surface area contributed by atoms with E-state index < -0.39 is 5.41 Å². The minimum atomic E-state index is -0.511. The molecule has 0 bridgehead atoms. The van der Waals surface area contributed by atoms with Crippen molar-refractivity contribution in [3.05, 3.63) is 235 Å². The van der Waals surface area contributed by atoms with Gasteiger partial charge in [-0.2, -0.15) is 0 Å². The molecule has 2 aliphatic rings. The second-order valence-electron chi connectivity index (χ2n) is 15.2. The van der Waals surface area contributed by atoms with Gasteiger partial charge in [-0.1, -0.05) is 188 Å². The molecule has 0 aromatic heterocycles. The SMILES string of the molecule is c1ccc(-c2ccccc2N(c2ccc3c(c2)C2(c4ccccc4)c4ccccc4-c4cccc5ccc-3c2c45)c2cc3ccccc3c3ccccc23)cc1. The number of fused-ring (bicyclic) bond motifs is 9. The van der Waals surface area contributed by atoms with Gasteiger partial charge in [-0.25, -0.2) is 0 Å². The zero-order chi connectivity index (χ0) is 36.8. The average molecular weight is 710 g/mol. The van der Waals surface area contributed by atoms with Crippen LogP contribution in [0.5, 0.6) is 0 Å². The maximum absolute atomic E-state index is 2.53. The number of anilines is 3. The Hall–Kier alpha value is -7.22. The van der Waals surface area contributed by atoms with Gasteiger partial charge >= 0.3 is 0 Å². The number of nitrogens with zero attached hydrogens (tertiary/aromatic N) is 1. The fourth-order valence-electron chi connectivity index (χ4n) is 10.2. The van der Waals surface area contributed by atoms with Crippen molar-refractivity contribution in [2.24, 2.45) is 0 Å². The average Bonchev–Trinajstić information content (AvgIpc) is 3.58. The van der Waals surface area contributed by atoms with Crippen LogP contribution in [-0.4, -0.2) is 0 Å². The number of benzene rings is 10. The lowest BCUT2D eigenvalue weighted by atomic mass is 9.62. The van der Waals surface area contributed by atoms with Gasteiger partial charge in [0.1, 0.15) is 0 Å². The first kappa shape index (κ1) is 31.2. The molecule has 2 aliphatic carbocycles. The molecule has 1 unspecified atom stereocenters. The van der Waals surface area contributed by atoms with Crippen LogP contribution in [0.1, 0.15) is 22.3 Å². The monoisotopic (exact) mass is 709 g/mol. The number of para-hydroxylation sites is 1. The van der Waals surface area contributed by atoms with Crippen LogP contribution in [-0.2, 0) is 5.41 Å². The second-order valence-corrected chi connectivity index (χ2v) is 15.2. The molecule has 12 rings (SSSR count). The Kier molecular flexibility index (Phi) is 6.62. The maximum Gasteiger partial charge on any atom is 0.0726 e. The summed E-state index contributed by atoms with van der Waals surface area (Å²) < 4.78 is 0. The van der Waals surface area contributed by atoms with Crippen molar-refractivity contribution in [3.63, 3.8) is 0 Å². The zero-order valence-corrected chi connectivity index (χ0v) is 30.7. The molecule has 0 heterocycles. The van der Waals surface area contributed by atoms with E-state index in [0.29, 0.717) is 0 Å². The van der Waals surface area contributed by atoms with E-state index in [4.69, 9.17) is 0 Å². The molecule has 0 saturated heterocycles. The van der Waals surface area contributed by atoms with Gasteiger partial charge in [0.25, 0.3) is 0 Å². The Morgan fingerprint density at radius 2 is 0.964 bits per heavy atom. The summed E-state index contributed by atoms with van der Waals surface area (Å²) in [5.74, 6) is 0.